The third kappa shape index (κ3) is 13.0. The van der Waals surface area contributed by atoms with E-state index in [4.69, 9.17) is 0 Å². The summed E-state index contributed by atoms with van der Waals surface area (Å²) in [5.74, 6) is 4.05. The van der Waals surface area contributed by atoms with Crippen molar-refractivity contribution in [3.8, 4) is 0 Å². The van der Waals surface area contributed by atoms with E-state index in [-0.39, 0.29) is 66.9 Å². The maximum Gasteiger partial charge on any atom is 0.00912 e. The molecule has 4 fully saturated rings. The van der Waals surface area contributed by atoms with Gasteiger partial charge in [0.25, 0.3) is 0 Å². The molecule has 0 atom stereocenters. The predicted molar refractivity (Wildman–Crippen MR) is 165 cm³/mol. The molecular weight excluding hydrogens is 943 g/mol. The topological polar surface area (TPSA) is 119 Å². The van der Waals surface area contributed by atoms with Crippen molar-refractivity contribution in [2.45, 2.75) is 51.4 Å². The van der Waals surface area contributed by atoms with Gasteiger partial charge < -0.3 is 85.7 Å². The summed E-state index contributed by atoms with van der Waals surface area (Å²) in [4.78, 5) is 26.4. The van der Waals surface area contributed by atoms with Crippen molar-refractivity contribution in [1.29, 1.82) is 0 Å². The molecule has 4 saturated heterocycles. The first-order chi connectivity index (χ1) is 19.9. The van der Waals surface area contributed by atoms with E-state index < -0.39 is 0 Å². The van der Waals surface area contributed by atoms with Gasteiger partial charge in [-0.1, -0.05) is 0 Å². The van der Waals surface area contributed by atoms with E-state index in [1.165, 1.54) is 104 Å². The summed E-state index contributed by atoms with van der Waals surface area (Å²) in [6.45, 7) is 17.2. The standard InChI is InChI=1S/4C7H12N3.2ClH.2W/c4*1-3-8-7-9-4-2-6-10(7)5-1;;;;/h4*1-6H2;2*1H;;/q4*-1;;;;/p-2. The SMILES string of the molecule is C1CN=C2[N-]CCCN2C1.C1CN=C2[N-]CCCN2C1.C1CN=C2[N-]CCCN2C1.C1CN=C2[N-]CCCN2C1.[Cl-].[Cl-].[W].[W]. The monoisotopic (exact) mass is 990 g/mol. The molecule has 0 aromatic carbocycles. The molecule has 8 aliphatic heterocycles. The van der Waals surface area contributed by atoms with Gasteiger partial charge in [0, 0.05) is 66.0 Å². The average molecular weight is 991 g/mol. The van der Waals surface area contributed by atoms with Crippen molar-refractivity contribution in [2.75, 3.05) is 105 Å². The molecular formula is C28H48Cl2N12W2-6. The van der Waals surface area contributed by atoms with Crippen molar-refractivity contribution in [3.05, 3.63) is 21.3 Å². The third-order valence-electron chi connectivity index (χ3n) is 7.85. The number of fused-ring (bicyclic) bond motifs is 4. The fourth-order valence-corrected chi connectivity index (χ4v) is 5.77. The Morgan fingerprint density at radius 2 is 0.545 bits per heavy atom. The van der Waals surface area contributed by atoms with Crippen LogP contribution in [0.3, 0.4) is 0 Å². The maximum atomic E-state index is 4.33. The largest absolute Gasteiger partial charge is 1.00 e. The van der Waals surface area contributed by atoms with Crippen molar-refractivity contribution < 1.29 is 66.9 Å². The number of guanidine groups is 4. The van der Waals surface area contributed by atoms with E-state index in [2.05, 4.69) is 60.8 Å². The van der Waals surface area contributed by atoms with Gasteiger partial charge in [-0.2, -0.15) is 0 Å². The van der Waals surface area contributed by atoms with Crippen LogP contribution in [0.1, 0.15) is 51.4 Å². The van der Waals surface area contributed by atoms with Gasteiger partial charge in [-0.05, 0) is 156 Å². The van der Waals surface area contributed by atoms with Crippen LogP contribution >= 0.6 is 0 Å². The number of nitrogens with zero attached hydrogens (tertiary/aromatic N) is 12. The second-order valence-electron chi connectivity index (χ2n) is 11.0. The molecule has 8 rings (SSSR count). The molecule has 0 aromatic heterocycles. The fraction of sp³-hybridized carbons (Fsp3) is 0.857. The van der Waals surface area contributed by atoms with E-state index in [1.54, 1.807) is 0 Å². The minimum absolute atomic E-state index is 0. The second kappa shape index (κ2) is 23.4. The van der Waals surface area contributed by atoms with E-state index in [0.717, 1.165) is 76.2 Å². The maximum absolute atomic E-state index is 4.33. The Morgan fingerprint density at radius 3 is 0.750 bits per heavy atom. The molecule has 44 heavy (non-hydrogen) atoms. The Bertz CT molecular complexity index is 779. The molecule has 8 heterocycles. The van der Waals surface area contributed by atoms with Gasteiger partial charge in [-0.3, -0.25) is 0 Å². The first kappa shape index (κ1) is 41.1. The van der Waals surface area contributed by atoms with Crippen molar-refractivity contribution in [2.24, 2.45) is 20.0 Å². The smallest absolute Gasteiger partial charge is 0.00912 e. The van der Waals surface area contributed by atoms with Gasteiger partial charge in [0.15, 0.2) is 0 Å². The zero-order valence-corrected chi connectivity index (χ0v) is 33.3. The second-order valence-corrected chi connectivity index (χ2v) is 11.0. The molecule has 12 nitrogen and oxygen atoms in total. The average Bonchev–Trinajstić information content (AvgIpc) is 3.06. The molecule has 0 radical (unpaired) electrons. The van der Waals surface area contributed by atoms with Crippen LogP contribution in [0, 0.1) is 0 Å². The minimum Gasteiger partial charge on any atom is -1.00 e. The number of hydrogen-bond donors (Lipinski definition) is 0. The first-order valence-electron chi connectivity index (χ1n) is 15.7. The quantitative estimate of drug-likeness (QED) is 0.263. The van der Waals surface area contributed by atoms with E-state index in [1.807, 2.05) is 0 Å². The molecule has 0 amide bonds. The first-order valence-corrected chi connectivity index (χ1v) is 15.7. The van der Waals surface area contributed by atoms with Crippen LogP contribution in [0.25, 0.3) is 21.3 Å². The van der Waals surface area contributed by atoms with Crippen LogP contribution in [0.5, 0.6) is 0 Å². The summed E-state index contributed by atoms with van der Waals surface area (Å²) < 4.78 is 0. The Hall–Kier alpha value is -0.963. The number of aliphatic imine (C=N–C) groups is 4. The zero-order chi connectivity index (χ0) is 27.2. The van der Waals surface area contributed by atoms with Gasteiger partial charge in [0.2, 0.25) is 0 Å². The van der Waals surface area contributed by atoms with Crippen molar-refractivity contribution in [1.82, 2.24) is 19.6 Å². The van der Waals surface area contributed by atoms with Gasteiger partial charge in [-0.25, -0.2) is 0 Å². The summed E-state index contributed by atoms with van der Waals surface area (Å²) in [6.07, 6.45) is 9.66. The number of rotatable bonds is 0. The van der Waals surface area contributed by atoms with Crippen LogP contribution in [0.4, 0.5) is 0 Å². The molecule has 8 aliphatic rings. The van der Waals surface area contributed by atoms with Crippen LogP contribution in [-0.4, -0.2) is 148 Å². The molecule has 252 valence electrons. The van der Waals surface area contributed by atoms with Crippen LogP contribution < -0.4 is 24.8 Å². The molecule has 0 unspecified atom stereocenters. The molecule has 0 saturated carbocycles. The minimum atomic E-state index is 0. The summed E-state index contributed by atoms with van der Waals surface area (Å²) in [7, 11) is 0. The zero-order valence-electron chi connectivity index (χ0n) is 25.9. The third-order valence-corrected chi connectivity index (χ3v) is 7.85. The Morgan fingerprint density at radius 1 is 0.341 bits per heavy atom. The van der Waals surface area contributed by atoms with Crippen LogP contribution in [0.2, 0.25) is 0 Å². The van der Waals surface area contributed by atoms with Gasteiger partial charge in [0.1, 0.15) is 0 Å². The predicted octanol–water partition coefficient (Wildman–Crippen LogP) is -2.69. The van der Waals surface area contributed by atoms with Gasteiger partial charge in [0.05, 0.1) is 0 Å². The normalized spacial score (nSPS) is 22.5. The molecule has 0 N–H and O–H groups in total. The van der Waals surface area contributed by atoms with E-state index >= 15 is 0 Å². The Labute approximate surface area is 305 Å². The molecule has 0 aliphatic carbocycles. The summed E-state index contributed by atoms with van der Waals surface area (Å²) in [6, 6.07) is 0. The number of hydrogen-bond acceptors (Lipinski definition) is 8. The van der Waals surface area contributed by atoms with Gasteiger partial charge >= 0.3 is 0 Å². The van der Waals surface area contributed by atoms with Crippen LogP contribution in [0.15, 0.2) is 20.0 Å². The summed E-state index contributed by atoms with van der Waals surface area (Å²) in [5, 5.41) is 17.3. The van der Waals surface area contributed by atoms with E-state index in [9.17, 15) is 0 Å². The molecule has 0 bridgehead atoms. The summed E-state index contributed by atoms with van der Waals surface area (Å²) in [5.41, 5.74) is 0. The van der Waals surface area contributed by atoms with Crippen molar-refractivity contribution >= 4 is 23.8 Å². The van der Waals surface area contributed by atoms with Gasteiger partial charge in [-0.15, -0.1) is 0 Å². The fourth-order valence-electron chi connectivity index (χ4n) is 5.77. The number of halogens is 2. The van der Waals surface area contributed by atoms with Crippen molar-refractivity contribution in [3.63, 3.8) is 0 Å². The molecule has 0 aromatic rings. The Balaban J connectivity index is 0.000000285. The molecule has 0 spiro atoms. The molecule has 16 heteroatoms. The Kier molecular flexibility index (Phi) is 21.8. The van der Waals surface area contributed by atoms with Crippen LogP contribution in [-0.2, 0) is 42.1 Å². The summed E-state index contributed by atoms with van der Waals surface area (Å²) >= 11 is 0. The van der Waals surface area contributed by atoms with E-state index in [0.29, 0.717) is 0 Å².